The van der Waals surface area contributed by atoms with Gasteiger partial charge in [0.25, 0.3) is 5.91 Å². The number of H-pyrrole nitrogens is 1. The minimum Gasteiger partial charge on any atom is -0.365 e. The van der Waals surface area contributed by atoms with Gasteiger partial charge in [0.1, 0.15) is 17.3 Å². The molecule has 1 amide bonds. The molecule has 0 radical (unpaired) electrons. The molecule has 0 aliphatic rings. The van der Waals surface area contributed by atoms with Crippen LogP contribution in [0.4, 0.5) is 15.9 Å². The first-order valence-electron chi connectivity index (χ1n) is 10.5. The van der Waals surface area contributed by atoms with E-state index in [2.05, 4.69) is 44.4 Å². The summed E-state index contributed by atoms with van der Waals surface area (Å²) < 4.78 is 15.0. The highest BCUT2D eigenvalue weighted by Gasteiger charge is 2.16. The number of hydrogen-bond acceptors (Lipinski definition) is 6. The van der Waals surface area contributed by atoms with Crippen molar-refractivity contribution < 1.29 is 9.18 Å². The number of aromatic nitrogens is 4. The van der Waals surface area contributed by atoms with Gasteiger partial charge in [-0.2, -0.15) is 0 Å². The zero-order chi connectivity index (χ0) is 22.9. The van der Waals surface area contributed by atoms with Crippen LogP contribution in [0.15, 0.2) is 55.0 Å². The molecule has 1 aromatic carbocycles. The molecule has 0 saturated heterocycles. The Hall–Kier alpha value is -3.85. The normalized spacial score (nSPS) is 11.4. The number of aromatic amines is 1. The first kappa shape index (κ1) is 21.0. The van der Waals surface area contributed by atoms with Crippen molar-refractivity contribution in [2.45, 2.75) is 26.3 Å². The number of thiazole rings is 1. The fourth-order valence-corrected chi connectivity index (χ4v) is 4.52. The molecule has 33 heavy (non-hydrogen) atoms. The first-order chi connectivity index (χ1) is 16.0. The number of nitrogens with one attached hydrogen (secondary N) is 3. The van der Waals surface area contributed by atoms with E-state index in [4.69, 9.17) is 0 Å². The lowest BCUT2D eigenvalue weighted by Gasteiger charge is -2.12. The standard InChI is InChI=1S/C24H21FN6OS/c1-13(2)24-31-19-10-16(3-4-20(19)33-24)30-23(32)18-9-15(25)12-29-22(18)28-11-14-5-7-26-21-17(14)6-8-27-21/h3-10,12-13H,11H2,1-2H3,(H,26,27)(H,28,29)(H,30,32). The number of halogens is 1. The molecule has 0 atom stereocenters. The van der Waals surface area contributed by atoms with Crippen molar-refractivity contribution in [1.82, 2.24) is 19.9 Å². The van der Waals surface area contributed by atoms with Gasteiger partial charge in [-0.15, -0.1) is 11.3 Å². The maximum absolute atomic E-state index is 14.0. The van der Waals surface area contributed by atoms with E-state index >= 15 is 0 Å². The monoisotopic (exact) mass is 460 g/mol. The largest absolute Gasteiger partial charge is 0.365 e. The summed E-state index contributed by atoms with van der Waals surface area (Å²) in [6, 6.07) is 10.6. The van der Waals surface area contributed by atoms with Gasteiger partial charge in [-0.1, -0.05) is 13.8 Å². The Kier molecular flexibility index (Phi) is 5.47. The van der Waals surface area contributed by atoms with Gasteiger partial charge in [-0.05, 0) is 42.0 Å². The van der Waals surface area contributed by atoms with Gasteiger partial charge in [-0.25, -0.2) is 19.3 Å². The Morgan fingerprint density at radius 1 is 1.18 bits per heavy atom. The average Bonchev–Trinajstić information content (AvgIpc) is 3.45. The molecular weight excluding hydrogens is 439 g/mol. The van der Waals surface area contributed by atoms with Crippen molar-refractivity contribution in [2.24, 2.45) is 0 Å². The lowest BCUT2D eigenvalue weighted by molar-refractivity contribution is 0.102. The number of carbonyl (C=O) groups is 1. The molecule has 0 aliphatic carbocycles. The molecule has 0 saturated carbocycles. The summed E-state index contributed by atoms with van der Waals surface area (Å²) in [6.45, 7) is 4.59. The van der Waals surface area contributed by atoms with E-state index in [-0.39, 0.29) is 5.56 Å². The quantitative estimate of drug-likeness (QED) is 0.302. The van der Waals surface area contributed by atoms with Crippen molar-refractivity contribution in [1.29, 1.82) is 0 Å². The third kappa shape index (κ3) is 4.27. The van der Waals surface area contributed by atoms with Crippen LogP contribution in [0.5, 0.6) is 0 Å². The highest BCUT2D eigenvalue weighted by Crippen LogP contribution is 2.29. The SMILES string of the molecule is CC(C)c1nc2cc(NC(=O)c3cc(F)cnc3NCc3ccnc4[nH]ccc34)ccc2s1. The van der Waals surface area contributed by atoms with E-state index in [1.165, 1.54) is 6.07 Å². The zero-order valence-electron chi connectivity index (χ0n) is 18.0. The van der Waals surface area contributed by atoms with E-state index in [1.54, 1.807) is 17.5 Å². The molecule has 0 spiro atoms. The Morgan fingerprint density at radius 3 is 2.91 bits per heavy atom. The second-order valence-electron chi connectivity index (χ2n) is 7.96. The summed E-state index contributed by atoms with van der Waals surface area (Å²) in [7, 11) is 0. The molecule has 5 aromatic rings. The molecule has 4 heterocycles. The van der Waals surface area contributed by atoms with Crippen LogP contribution in [0.2, 0.25) is 0 Å². The van der Waals surface area contributed by atoms with Gasteiger partial charge in [0, 0.05) is 35.9 Å². The van der Waals surface area contributed by atoms with Gasteiger partial charge in [0.05, 0.1) is 27.0 Å². The van der Waals surface area contributed by atoms with E-state index < -0.39 is 11.7 Å². The third-order valence-corrected chi connectivity index (χ3v) is 6.59. The molecule has 0 bridgehead atoms. The summed E-state index contributed by atoms with van der Waals surface area (Å²) in [6.07, 6.45) is 4.62. The van der Waals surface area contributed by atoms with Gasteiger partial charge < -0.3 is 15.6 Å². The second kappa shape index (κ2) is 8.59. The first-order valence-corrected chi connectivity index (χ1v) is 11.3. The van der Waals surface area contributed by atoms with Crippen LogP contribution in [0.3, 0.4) is 0 Å². The van der Waals surface area contributed by atoms with Gasteiger partial charge in [-0.3, -0.25) is 4.79 Å². The van der Waals surface area contributed by atoms with E-state index in [1.807, 2.05) is 36.5 Å². The highest BCUT2D eigenvalue weighted by atomic mass is 32.1. The smallest absolute Gasteiger partial charge is 0.259 e. The van der Waals surface area contributed by atoms with Crippen molar-refractivity contribution in [3.63, 3.8) is 0 Å². The Labute approximate surface area is 193 Å². The fraction of sp³-hybridized carbons (Fsp3) is 0.167. The predicted octanol–water partition coefficient (Wildman–Crippen LogP) is 5.69. The number of fused-ring (bicyclic) bond motifs is 2. The molecule has 4 aromatic heterocycles. The summed E-state index contributed by atoms with van der Waals surface area (Å²) in [5.41, 5.74) is 3.29. The molecule has 7 nitrogen and oxygen atoms in total. The summed E-state index contributed by atoms with van der Waals surface area (Å²) >= 11 is 1.64. The number of amides is 1. The number of anilines is 2. The average molecular weight is 461 g/mol. The van der Waals surface area contributed by atoms with E-state index in [9.17, 15) is 9.18 Å². The fourth-order valence-electron chi connectivity index (χ4n) is 3.57. The predicted molar refractivity (Wildman–Crippen MR) is 129 cm³/mol. The minimum absolute atomic E-state index is 0.121. The Bertz CT molecular complexity index is 1470. The van der Waals surface area contributed by atoms with Crippen molar-refractivity contribution in [3.05, 3.63) is 76.9 Å². The number of pyridine rings is 2. The second-order valence-corrected chi connectivity index (χ2v) is 9.02. The van der Waals surface area contributed by atoms with Gasteiger partial charge in [0.2, 0.25) is 0 Å². The molecule has 9 heteroatoms. The van der Waals surface area contributed by atoms with E-state index in [0.717, 1.165) is 38.0 Å². The lowest BCUT2D eigenvalue weighted by Crippen LogP contribution is -2.16. The van der Waals surface area contributed by atoms with Crippen molar-refractivity contribution in [3.8, 4) is 0 Å². The van der Waals surface area contributed by atoms with Crippen LogP contribution in [-0.4, -0.2) is 25.8 Å². The molecule has 5 rings (SSSR count). The van der Waals surface area contributed by atoms with Crippen molar-refractivity contribution >= 4 is 50.0 Å². The number of rotatable bonds is 6. The number of hydrogen-bond donors (Lipinski definition) is 3. The van der Waals surface area contributed by atoms with Crippen LogP contribution in [-0.2, 0) is 6.54 Å². The summed E-state index contributed by atoms with van der Waals surface area (Å²) in [5.74, 6) is -0.407. The highest BCUT2D eigenvalue weighted by molar-refractivity contribution is 7.18. The van der Waals surface area contributed by atoms with E-state index in [0.29, 0.717) is 24.0 Å². The lowest BCUT2D eigenvalue weighted by atomic mass is 10.1. The Morgan fingerprint density at radius 2 is 2.06 bits per heavy atom. The molecule has 3 N–H and O–H groups in total. The zero-order valence-corrected chi connectivity index (χ0v) is 18.8. The molecule has 0 unspecified atom stereocenters. The van der Waals surface area contributed by atoms with Gasteiger partial charge in [0.15, 0.2) is 0 Å². The third-order valence-electron chi connectivity index (χ3n) is 5.25. The molecule has 166 valence electrons. The van der Waals surface area contributed by atoms with Crippen molar-refractivity contribution in [2.75, 3.05) is 10.6 Å². The minimum atomic E-state index is -0.584. The van der Waals surface area contributed by atoms with Crippen LogP contribution in [0.25, 0.3) is 21.3 Å². The maximum atomic E-state index is 14.0. The summed E-state index contributed by atoms with van der Waals surface area (Å²) in [4.78, 5) is 29.1. The summed E-state index contributed by atoms with van der Waals surface area (Å²) in [5, 5.41) is 8.02. The van der Waals surface area contributed by atoms with Crippen LogP contribution in [0.1, 0.15) is 40.7 Å². The number of nitrogens with zero attached hydrogens (tertiary/aromatic N) is 3. The van der Waals surface area contributed by atoms with Gasteiger partial charge >= 0.3 is 0 Å². The van der Waals surface area contributed by atoms with Crippen LogP contribution < -0.4 is 10.6 Å². The molecular formula is C24H21FN6OS. The Balaban J connectivity index is 1.38. The van der Waals surface area contributed by atoms with Crippen LogP contribution >= 0.6 is 11.3 Å². The topological polar surface area (TPSA) is 95.6 Å². The number of carbonyl (C=O) groups excluding carboxylic acids is 1. The van der Waals surface area contributed by atoms with Crippen LogP contribution in [0, 0.1) is 5.82 Å². The number of benzene rings is 1. The molecule has 0 aliphatic heterocycles. The molecule has 0 fully saturated rings. The maximum Gasteiger partial charge on any atom is 0.259 e.